The summed E-state index contributed by atoms with van der Waals surface area (Å²) in [5.41, 5.74) is 2.32. The van der Waals surface area contributed by atoms with E-state index in [0.29, 0.717) is 0 Å². The van der Waals surface area contributed by atoms with Crippen molar-refractivity contribution in [2.45, 2.75) is 31.8 Å². The normalized spacial score (nSPS) is 14.8. The van der Waals surface area contributed by atoms with E-state index in [1.165, 1.54) is 12.8 Å². The zero-order valence-corrected chi connectivity index (χ0v) is 11.6. The molecule has 3 rings (SSSR count). The van der Waals surface area contributed by atoms with Gasteiger partial charge < -0.3 is 9.88 Å². The lowest BCUT2D eigenvalue weighted by Crippen LogP contribution is -2.18. The number of rotatable bonds is 6. The quantitative estimate of drug-likeness (QED) is 0.820. The van der Waals surface area contributed by atoms with Crippen molar-refractivity contribution in [3.8, 4) is 11.3 Å². The van der Waals surface area contributed by atoms with Gasteiger partial charge >= 0.3 is 0 Å². The van der Waals surface area contributed by atoms with Gasteiger partial charge in [-0.25, -0.2) is 4.98 Å². The summed E-state index contributed by atoms with van der Waals surface area (Å²) in [4.78, 5) is 4.26. The highest BCUT2D eigenvalue weighted by Crippen LogP contribution is 2.21. The molecule has 0 amide bonds. The SMILES string of the molecule is Clc1ccc(-c2cncn2CCCNC2CC2)cc1. The lowest BCUT2D eigenvalue weighted by atomic mass is 10.1. The minimum atomic E-state index is 0.767. The Bertz CT molecular complexity index is 529. The van der Waals surface area contributed by atoms with Crippen molar-refractivity contribution in [2.75, 3.05) is 6.54 Å². The Hall–Kier alpha value is -1.32. The molecule has 0 radical (unpaired) electrons. The molecule has 3 nitrogen and oxygen atoms in total. The number of nitrogens with zero attached hydrogens (tertiary/aromatic N) is 2. The van der Waals surface area contributed by atoms with E-state index in [9.17, 15) is 0 Å². The van der Waals surface area contributed by atoms with Crippen molar-refractivity contribution in [1.82, 2.24) is 14.9 Å². The first-order valence-corrected chi connectivity index (χ1v) is 7.20. The lowest BCUT2D eigenvalue weighted by Gasteiger charge is -2.09. The molecule has 1 heterocycles. The Balaban J connectivity index is 1.62. The summed E-state index contributed by atoms with van der Waals surface area (Å²) >= 11 is 5.92. The van der Waals surface area contributed by atoms with Gasteiger partial charge in [0.15, 0.2) is 0 Å². The molecule has 0 atom stereocenters. The second-order valence-electron chi connectivity index (χ2n) is 5.06. The highest BCUT2D eigenvalue weighted by Gasteiger charge is 2.19. The molecule has 0 spiro atoms. The van der Waals surface area contributed by atoms with Gasteiger partial charge in [-0.1, -0.05) is 23.7 Å². The summed E-state index contributed by atoms with van der Waals surface area (Å²) in [6.07, 6.45) is 7.65. The molecule has 4 heteroatoms. The summed E-state index contributed by atoms with van der Waals surface area (Å²) in [6.45, 7) is 2.08. The fraction of sp³-hybridized carbons (Fsp3) is 0.400. The Morgan fingerprint density at radius 3 is 2.79 bits per heavy atom. The van der Waals surface area contributed by atoms with Gasteiger partial charge in [-0.2, -0.15) is 0 Å². The summed E-state index contributed by atoms with van der Waals surface area (Å²) in [5, 5.41) is 4.30. The van der Waals surface area contributed by atoms with Crippen LogP contribution in [0.25, 0.3) is 11.3 Å². The monoisotopic (exact) mass is 275 g/mol. The maximum absolute atomic E-state index is 5.92. The third-order valence-corrected chi connectivity index (χ3v) is 3.69. The average molecular weight is 276 g/mol. The molecule has 1 aromatic heterocycles. The average Bonchev–Trinajstić information content (AvgIpc) is 3.13. The van der Waals surface area contributed by atoms with Crippen LogP contribution in [0, 0.1) is 0 Å². The Morgan fingerprint density at radius 2 is 2.05 bits per heavy atom. The minimum Gasteiger partial charge on any atom is -0.331 e. The second-order valence-corrected chi connectivity index (χ2v) is 5.50. The molecule has 1 N–H and O–H groups in total. The molecule has 1 aromatic carbocycles. The van der Waals surface area contributed by atoms with Crippen LogP contribution in [0.5, 0.6) is 0 Å². The van der Waals surface area contributed by atoms with Crippen molar-refractivity contribution in [3.05, 3.63) is 41.8 Å². The molecule has 2 aromatic rings. The Morgan fingerprint density at radius 1 is 1.26 bits per heavy atom. The van der Waals surface area contributed by atoms with Gasteiger partial charge in [0.05, 0.1) is 18.2 Å². The van der Waals surface area contributed by atoms with E-state index >= 15 is 0 Å². The Kier molecular flexibility index (Phi) is 3.85. The summed E-state index contributed by atoms with van der Waals surface area (Å²) in [7, 11) is 0. The zero-order chi connectivity index (χ0) is 13.1. The number of halogens is 1. The molecular formula is C15H18ClN3. The zero-order valence-electron chi connectivity index (χ0n) is 10.8. The highest BCUT2D eigenvalue weighted by molar-refractivity contribution is 6.30. The third kappa shape index (κ3) is 3.37. The van der Waals surface area contributed by atoms with Gasteiger partial charge in [0.2, 0.25) is 0 Å². The van der Waals surface area contributed by atoms with Crippen LogP contribution in [-0.2, 0) is 6.54 Å². The second kappa shape index (κ2) is 5.76. The number of aromatic nitrogens is 2. The lowest BCUT2D eigenvalue weighted by molar-refractivity contribution is 0.581. The number of imidazole rings is 1. The predicted octanol–water partition coefficient (Wildman–Crippen LogP) is 3.35. The van der Waals surface area contributed by atoms with E-state index in [1.54, 1.807) is 0 Å². The van der Waals surface area contributed by atoms with Crippen molar-refractivity contribution in [2.24, 2.45) is 0 Å². The van der Waals surface area contributed by atoms with Crippen molar-refractivity contribution in [1.29, 1.82) is 0 Å². The van der Waals surface area contributed by atoms with E-state index in [1.807, 2.05) is 36.8 Å². The predicted molar refractivity (Wildman–Crippen MR) is 78.3 cm³/mol. The molecule has 0 saturated heterocycles. The topological polar surface area (TPSA) is 29.9 Å². The maximum atomic E-state index is 5.92. The van der Waals surface area contributed by atoms with Crippen LogP contribution in [0.4, 0.5) is 0 Å². The molecule has 19 heavy (non-hydrogen) atoms. The number of hydrogen-bond donors (Lipinski definition) is 1. The van der Waals surface area contributed by atoms with E-state index in [0.717, 1.165) is 41.8 Å². The summed E-state index contributed by atoms with van der Waals surface area (Å²) < 4.78 is 2.21. The fourth-order valence-electron chi connectivity index (χ4n) is 2.20. The Labute approximate surface area is 118 Å². The smallest absolute Gasteiger partial charge is 0.0950 e. The van der Waals surface area contributed by atoms with Gasteiger partial charge in [0.25, 0.3) is 0 Å². The minimum absolute atomic E-state index is 0.767. The molecule has 100 valence electrons. The van der Waals surface area contributed by atoms with E-state index in [4.69, 9.17) is 11.6 Å². The van der Waals surface area contributed by atoms with Crippen LogP contribution in [0.3, 0.4) is 0 Å². The first-order valence-electron chi connectivity index (χ1n) is 6.82. The van der Waals surface area contributed by atoms with Crippen LogP contribution in [0.15, 0.2) is 36.8 Å². The molecule has 1 saturated carbocycles. The number of benzene rings is 1. The van der Waals surface area contributed by atoms with Crippen LogP contribution >= 0.6 is 11.6 Å². The van der Waals surface area contributed by atoms with Crippen molar-refractivity contribution >= 4 is 11.6 Å². The van der Waals surface area contributed by atoms with Crippen molar-refractivity contribution in [3.63, 3.8) is 0 Å². The molecule has 1 aliphatic carbocycles. The fourth-order valence-corrected chi connectivity index (χ4v) is 2.33. The number of hydrogen-bond acceptors (Lipinski definition) is 2. The van der Waals surface area contributed by atoms with Gasteiger partial charge in [-0.15, -0.1) is 0 Å². The third-order valence-electron chi connectivity index (χ3n) is 3.44. The summed E-state index contributed by atoms with van der Waals surface area (Å²) in [6, 6.07) is 8.71. The first kappa shape index (κ1) is 12.7. The maximum Gasteiger partial charge on any atom is 0.0950 e. The van der Waals surface area contributed by atoms with E-state index in [-0.39, 0.29) is 0 Å². The molecule has 1 fully saturated rings. The summed E-state index contributed by atoms with van der Waals surface area (Å²) in [5.74, 6) is 0. The van der Waals surface area contributed by atoms with E-state index < -0.39 is 0 Å². The van der Waals surface area contributed by atoms with Crippen LogP contribution in [0.1, 0.15) is 19.3 Å². The van der Waals surface area contributed by atoms with Gasteiger partial charge in [-0.3, -0.25) is 0 Å². The van der Waals surface area contributed by atoms with E-state index in [2.05, 4.69) is 14.9 Å². The van der Waals surface area contributed by atoms with Crippen LogP contribution in [-0.4, -0.2) is 22.1 Å². The molecular weight excluding hydrogens is 258 g/mol. The highest BCUT2D eigenvalue weighted by atomic mass is 35.5. The number of nitrogens with one attached hydrogen (secondary N) is 1. The largest absolute Gasteiger partial charge is 0.331 e. The first-order chi connectivity index (χ1) is 9.33. The molecule has 0 bridgehead atoms. The van der Waals surface area contributed by atoms with Crippen molar-refractivity contribution < 1.29 is 0 Å². The van der Waals surface area contributed by atoms with Gasteiger partial charge in [-0.05, 0) is 43.5 Å². The molecule has 1 aliphatic rings. The standard InChI is InChI=1S/C15H18ClN3/c16-13-4-2-12(3-5-13)15-10-17-11-19(15)9-1-8-18-14-6-7-14/h2-5,10-11,14,18H,1,6-9H2. The van der Waals surface area contributed by atoms with Gasteiger partial charge in [0, 0.05) is 17.6 Å². The molecule has 0 unspecified atom stereocenters. The van der Waals surface area contributed by atoms with Crippen LogP contribution in [0.2, 0.25) is 5.02 Å². The number of aryl methyl sites for hydroxylation is 1. The molecule has 0 aliphatic heterocycles. The van der Waals surface area contributed by atoms with Gasteiger partial charge in [0.1, 0.15) is 0 Å². The van der Waals surface area contributed by atoms with Crippen LogP contribution < -0.4 is 5.32 Å².